The minimum absolute atomic E-state index is 0.0853. The van der Waals surface area contributed by atoms with E-state index in [9.17, 15) is 9.59 Å². The van der Waals surface area contributed by atoms with Crippen molar-refractivity contribution in [3.8, 4) is 11.3 Å². The fourth-order valence-corrected chi connectivity index (χ4v) is 5.42. The second kappa shape index (κ2) is 8.22. The van der Waals surface area contributed by atoms with E-state index >= 15 is 0 Å². The zero-order valence-electron chi connectivity index (χ0n) is 17.0. The lowest BCUT2D eigenvalue weighted by molar-refractivity contribution is -0.139. The maximum atomic E-state index is 12.9. The van der Waals surface area contributed by atoms with Gasteiger partial charge in [-0.15, -0.1) is 11.3 Å². The number of carbonyl (C=O) groups is 2. The molecule has 0 radical (unpaired) electrons. The van der Waals surface area contributed by atoms with E-state index in [0.29, 0.717) is 25.4 Å². The third kappa shape index (κ3) is 3.74. The van der Waals surface area contributed by atoms with Gasteiger partial charge in [-0.1, -0.05) is 30.3 Å². The van der Waals surface area contributed by atoms with Crippen LogP contribution in [0.1, 0.15) is 31.4 Å². The molecule has 0 spiro atoms. The fraction of sp³-hybridized carbons (Fsp3) is 0.435. The van der Waals surface area contributed by atoms with Crippen molar-refractivity contribution in [2.24, 2.45) is 5.92 Å². The number of amides is 2. The number of imidazole rings is 1. The van der Waals surface area contributed by atoms with Crippen LogP contribution in [0, 0.1) is 5.92 Å². The van der Waals surface area contributed by atoms with Crippen molar-refractivity contribution >= 4 is 28.1 Å². The third-order valence-electron chi connectivity index (χ3n) is 6.30. The maximum Gasteiger partial charge on any atom is 0.228 e. The van der Waals surface area contributed by atoms with E-state index in [2.05, 4.69) is 0 Å². The summed E-state index contributed by atoms with van der Waals surface area (Å²) in [5.41, 5.74) is 2.98. The molecule has 2 aliphatic heterocycles. The summed E-state index contributed by atoms with van der Waals surface area (Å²) in [6.45, 7) is 3.16. The lowest BCUT2D eigenvalue weighted by atomic mass is 9.95. The molecule has 3 aromatic rings. The fourth-order valence-electron chi connectivity index (χ4n) is 4.54. The van der Waals surface area contributed by atoms with E-state index in [4.69, 9.17) is 4.98 Å². The SMILES string of the molecule is O=C(Cc1csc2nc(-c3ccccc3)cn12)N1CCC(C(=O)N2CCCC2)CC1. The Hall–Kier alpha value is -2.67. The van der Waals surface area contributed by atoms with Crippen molar-refractivity contribution in [3.63, 3.8) is 0 Å². The summed E-state index contributed by atoms with van der Waals surface area (Å²) in [6, 6.07) is 10.1. The Bertz CT molecular complexity index is 1040. The molecule has 0 N–H and O–H groups in total. The highest BCUT2D eigenvalue weighted by molar-refractivity contribution is 7.15. The number of aromatic nitrogens is 2. The first-order valence-electron chi connectivity index (χ1n) is 10.8. The van der Waals surface area contributed by atoms with Crippen molar-refractivity contribution in [1.29, 1.82) is 0 Å². The smallest absolute Gasteiger partial charge is 0.228 e. The number of thiazole rings is 1. The minimum atomic E-state index is 0.0853. The molecule has 2 saturated heterocycles. The highest BCUT2D eigenvalue weighted by atomic mass is 32.1. The largest absolute Gasteiger partial charge is 0.342 e. The van der Waals surface area contributed by atoms with Gasteiger partial charge in [0.2, 0.25) is 11.8 Å². The Kier molecular flexibility index (Phi) is 5.29. The van der Waals surface area contributed by atoms with Crippen molar-refractivity contribution in [2.45, 2.75) is 32.1 Å². The second-order valence-corrected chi connectivity index (χ2v) is 9.07. The summed E-state index contributed by atoms with van der Waals surface area (Å²) in [5.74, 6) is 0.518. The average molecular weight is 423 g/mol. The first kappa shape index (κ1) is 19.3. The molecule has 30 heavy (non-hydrogen) atoms. The monoisotopic (exact) mass is 422 g/mol. The molecule has 156 valence electrons. The second-order valence-electron chi connectivity index (χ2n) is 8.24. The van der Waals surface area contributed by atoms with E-state index < -0.39 is 0 Å². The summed E-state index contributed by atoms with van der Waals surface area (Å²) in [4.78, 5) is 35.1. The van der Waals surface area contributed by atoms with Crippen molar-refractivity contribution < 1.29 is 9.59 Å². The van der Waals surface area contributed by atoms with Crippen LogP contribution < -0.4 is 0 Å². The zero-order valence-corrected chi connectivity index (χ0v) is 17.8. The number of benzene rings is 1. The molecule has 0 unspecified atom stereocenters. The number of rotatable bonds is 4. The number of hydrogen-bond acceptors (Lipinski definition) is 4. The lowest BCUT2D eigenvalue weighted by Crippen LogP contribution is -2.44. The maximum absolute atomic E-state index is 12.9. The van der Waals surface area contributed by atoms with Gasteiger partial charge in [-0.25, -0.2) is 4.98 Å². The predicted molar refractivity (Wildman–Crippen MR) is 117 cm³/mol. The van der Waals surface area contributed by atoms with E-state index in [-0.39, 0.29) is 11.8 Å². The topological polar surface area (TPSA) is 57.9 Å². The standard InChI is InChI=1S/C23H26N4O2S/c28-21(25-12-8-18(9-13-25)22(29)26-10-4-5-11-26)14-19-16-30-23-24-20(15-27(19)23)17-6-2-1-3-7-17/h1-3,6-7,15-16,18H,4-5,8-14H2. The van der Waals surface area contributed by atoms with Crippen molar-refractivity contribution in [2.75, 3.05) is 26.2 Å². The summed E-state index contributed by atoms with van der Waals surface area (Å²) >= 11 is 1.57. The van der Waals surface area contributed by atoms with Gasteiger partial charge >= 0.3 is 0 Å². The normalized spacial score (nSPS) is 17.7. The summed E-state index contributed by atoms with van der Waals surface area (Å²) in [6.07, 6.45) is 6.20. The van der Waals surface area contributed by atoms with Gasteiger partial charge in [-0.05, 0) is 25.7 Å². The molecule has 2 aliphatic rings. The number of hydrogen-bond donors (Lipinski definition) is 0. The van der Waals surface area contributed by atoms with Gasteiger partial charge < -0.3 is 9.80 Å². The highest BCUT2D eigenvalue weighted by Crippen LogP contribution is 2.25. The molecule has 6 nitrogen and oxygen atoms in total. The Balaban J connectivity index is 1.22. The predicted octanol–water partition coefficient (Wildman–Crippen LogP) is 3.47. The van der Waals surface area contributed by atoms with Gasteiger partial charge in [0, 0.05) is 54.9 Å². The number of piperidine rings is 1. The van der Waals surface area contributed by atoms with E-state index in [1.807, 2.05) is 56.1 Å². The van der Waals surface area contributed by atoms with Crippen molar-refractivity contribution in [3.05, 3.63) is 47.6 Å². The van der Waals surface area contributed by atoms with Crippen LogP contribution in [0.4, 0.5) is 0 Å². The van der Waals surface area contributed by atoms with Crippen LogP contribution in [0.3, 0.4) is 0 Å². The Labute approximate surface area is 180 Å². The molecule has 2 fully saturated rings. The molecule has 0 atom stereocenters. The molecule has 2 amide bonds. The molecule has 0 bridgehead atoms. The number of likely N-dealkylation sites (tertiary alicyclic amines) is 2. The first-order chi connectivity index (χ1) is 14.7. The van der Waals surface area contributed by atoms with Gasteiger partial charge in [0.25, 0.3) is 0 Å². The minimum Gasteiger partial charge on any atom is -0.342 e. The van der Waals surface area contributed by atoms with Crippen LogP contribution in [0.5, 0.6) is 0 Å². The van der Waals surface area contributed by atoms with Crippen LogP contribution in [0.2, 0.25) is 0 Å². The molecule has 7 heteroatoms. The molecule has 0 aliphatic carbocycles. The molecule has 1 aromatic carbocycles. The van der Waals surface area contributed by atoms with Gasteiger partial charge in [0.1, 0.15) is 0 Å². The van der Waals surface area contributed by atoms with E-state index in [0.717, 1.165) is 60.7 Å². The molecular formula is C23H26N4O2S. The number of nitrogens with zero attached hydrogens (tertiary/aromatic N) is 4. The van der Waals surface area contributed by atoms with Crippen LogP contribution in [-0.4, -0.2) is 57.2 Å². The summed E-state index contributed by atoms with van der Waals surface area (Å²) in [7, 11) is 0. The van der Waals surface area contributed by atoms with Crippen LogP contribution in [0.15, 0.2) is 41.9 Å². The molecule has 0 saturated carbocycles. The van der Waals surface area contributed by atoms with Crippen LogP contribution in [-0.2, 0) is 16.0 Å². The molecule has 2 aromatic heterocycles. The van der Waals surface area contributed by atoms with E-state index in [1.165, 1.54) is 0 Å². The quantitative estimate of drug-likeness (QED) is 0.647. The van der Waals surface area contributed by atoms with Gasteiger partial charge in [0.05, 0.1) is 12.1 Å². The average Bonchev–Trinajstić information content (AvgIpc) is 3.53. The Morgan fingerprint density at radius 3 is 2.47 bits per heavy atom. The lowest BCUT2D eigenvalue weighted by Gasteiger charge is -2.33. The zero-order chi connectivity index (χ0) is 20.5. The number of carbonyl (C=O) groups excluding carboxylic acids is 2. The number of fused-ring (bicyclic) bond motifs is 1. The highest BCUT2D eigenvalue weighted by Gasteiger charge is 2.31. The van der Waals surface area contributed by atoms with E-state index in [1.54, 1.807) is 11.3 Å². The first-order valence-corrected chi connectivity index (χ1v) is 11.6. The van der Waals surface area contributed by atoms with Gasteiger partial charge in [-0.3, -0.25) is 14.0 Å². The molecular weight excluding hydrogens is 396 g/mol. The van der Waals surface area contributed by atoms with Gasteiger partial charge in [-0.2, -0.15) is 0 Å². The van der Waals surface area contributed by atoms with Gasteiger partial charge in [0.15, 0.2) is 4.96 Å². The van der Waals surface area contributed by atoms with Crippen LogP contribution in [0.25, 0.3) is 16.2 Å². The van der Waals surface area contributed by atoms with Crippen LogP contribution >= 0.6 is 11.3 Å². The molecule has 5 rings (SSSR count). The van der Waals surface area contributed by atoms with Crippen molar-refractivity contribution in [1.82, 2.24) is 19.2 Å². The summed E-state index contributed by atoms with van der Waals surface area (Å²) < 4.78 is 2.04. The Morgan fingerprint density at radius 2 is 1.73 bits per heavy atom. The molecule has 4 heterocycles. The Morgan fingerprint density at radius 1 is 1.00 bits per heavy atom. The third-order valence-corrected chi connectivity index (χ3v) is 7.19. The summed E-state index contributed by atoms with van der Waals surface area (Å²) in [5, 5.41) is 2.03.